The zero-order valence-electron chi connectivity index (χ0n) is 16.2. The summed E-state index contributed by atoms with van der Waals surface area (Å²) in [4.78, 5) is 4.52. The number of thioether (sulfide) groups is 1. The molecule has 1 saturated carbocycles. The monoisotopic (exact) mass is 481 g/mol. The molecule has 2 aromatic carbocycles. The Bertz CT molecular complexity index is 1120. The summed E-state index contributed by atoms with van der Waals surface area (Å²) < 4.78 is 8.60. The van der Waals surface area contributed by atoms with Gasteiger partial charge in [-0.3, -0.25) is 0 Å². The highest BCUT2D eigenvalue weighted by molar-refractivity contribution is 9.10. The van der Waals surface area contributed by atoms with Crippen LogP contribution in [0.1, 0.15) is 36.0 Å². The molecule has 8 heteroatoms. The SMILES string of the molecule is Brc1ccc(-c2nnc(SCc3noc(C4CC4)n3)n2CCc2ccccc2)cc1. The summed E-state index contributed by atoms with van der Waals surface area (Å²) in [5, 5.41) is 14.0. The van der Waals surface area contributed by atoms with Crippen LogP contribution < -0.4 is 0 Å². The average molecular weight is 482 g/mol. The maximum atomic E-state index is 5.38. The Kier molecular flexibility index (Phi) is 5.68. The summed E-state index contributed by atoms with van der Waals surface area (Å²) in [5.74, 6) is 3.43. The lowest BCUT2D eigenvalue weighted by Gasteiger charge is -2.10. The Balaban J connectivity index is 1.37. The Labute approximate surface area is 187 Å². The quantitative estimate of drug-likeness (QED) is 0.309. The van der Waals surface area contributed by atoms with Crippen molar-refractivity contribution >= 4 is 27.7 Å². The highest BCUT2D eigenvalue weighted by Gasteiger charge is 2.29. The van der Waals surface area contributed by atoms with E-state index < -0.39 is 0 Å². The number of aryl methyl sites for hydroxylation is 1. The molecule has 5 rings (SSSR count). The topological polar surface area (TPSA) is 69.6 Å². The molecule has 0 saturated heterocycles. The number of hydrogen-bond donors (Lipinski definition) is 0. The summed E-state index contributed by atoms with van der Waals surface area (Å²) >= 11 is 5.10. The van der Waals surface area contributed by atoms with Crippen molar-refractivity contribution in [1.82, 2.24) is 24.9 Å². The van der Waals surface area contributed by atoms with E-state index in [2.05, 4.69) is 77.2 Å². The van der Waals surface area contributed by atoms with Crippen LogP contribution in [0.5, 0.6) is 0 Å². The lowest BCUT2D eigenvalue weighted by atomic mass is 10.1. The summed E-state index contributed by atoms with van der Waals surface area (Å²) in [6.45, 7) is 0.796. The molecule has 30 heavy (non-hydrogen) atoms. The number of rotatable bonds is 8. The first-order valence-electron chi connectivity index (χ1n) is 9.94. The number of benzene rings is 2. The predicted molar refractivity (Wildman–Crippen MR) is 119 cm³/mol. The van der Waals surface area contributed by atoms with Crippen LogP contribution in [0, 0.1) is 0 Å². The van der Waals surface area contributed by atoms with Crippen molar-refractivity contribution < 1.29 is 4.52 Å². The lowest BCUT2D eigenvalue weighted by molar-refractivity contribution is 0.375. The molecule has 2 aromatic heterocycles. The summed E-state index contributed by atoms with van der Waals surface area (Å²) in [7, 11) is 0. The van der Waals surface area contributed by atoms with Gasteiger partial charge in [-0.05, 0) is 37.0 Å². The predicted octanol–water partition coefficient (Wildman–Crippen LogP) is 5.50. The number of aromatic nitrogens is 5. The van der Waals surface area contributed by atoms with Crippen molar-refractivity contribution in [2.75, 3.05) is 0 Å². The normalized spacial score (nSPS) is 13.6. The minimum Gasteiger partial charge on any atom is -0.339 e. The first-order chi connectivity index (χ1) is 14.8. The second-order valence-corrected chi connectivity index (χ2v) is 9.17. The maximum Gasteiger partial charge on any atom is 0.229 e. The third-order valence-electron chi connectivity index (χ3n) is 5.03. The maximum absolute atomic E-state index is 5.38. The van der Waals surface area contributed by atoms with Crippen LogP contribution >= 0.6 is 27.7 Å². The van der Waals surface area contributed by atoms with Gasteiger partial charge in [-0.1, -0.05) is 75.3 Å². The third kappa shape index (κ3) is 4.49. The van der Waals surface area contributed by atoms with Gasteiger partial charge >= 0.3 is 0 Å². The fourth-order valence-electron chi connectivity index (χ4n) is 3.25. The number of nitrogens with zero attached hydrogens (tertiary/aromatic N) is 5. The molecule has 2 heterocycles. The molecule has 0 spiro atoms. The van der Waals surface area contributed by atoms with Gasteiger partial charge in [0.25, 0.3) is 0 Å². The van der Waals surface area contributed by atoms with Gasteiger partial charge in [-0.2, -0.15) is 4.98 Å². The second-order valence-electron chi connectivity index (χ2n) is 7.31. The van der Waals surface area contributed by atoms with Gasteiger partial charge in [0.2, 0.25) is 5.89 Å². The highest BCUT2D eigenvalue weighted by Crippen LogP contribution is 2.39. The van der Waals surface area contributed by atoms with Crippen LogP contribution in [0.2, 0.25) is 0 Å². The van der Waals surface area contributed by atoms with Gasteiger partial charge in [0, 0.05) is 22.5 Å². The minimum atomic E-state index is 0.467. The van der Waals surface area contributed by atoms with Crippen LogP contribution in [0.15, 0.2) is 68.7 Å². The molecule has 1 aliphatic rings. The van der Waals surface area contributed by atoms with E-state index in [1.54, 1.807) is 11.8 Å². The van der Waals surface area contributed by atoms with Gasteiger partial charge in [0.1, 0.15) is 0 Å². The van der Waals surface area contributed by atoms with Crippen LogP contribution in [-0.4, -0.2) is 24.9 Å². The molecule has 4 aromatic rings. The lowest BCUT2D eigenvalue weighted by Crippen LogP contribution is -2.05. The van der Waals surface area contributed by atoms with Crippen molar-refractivity contribution in [3.63, 3.8) is 0 Å². The first-order valence-corrected chi connectivity index (χ1v) is 11.7. The molecule has 0 N–H and O–H groups in total. The van der Waals surface area contributed by atoms with Gasteiger partial charge in [-0.15, -0.1) is 10.2 Å². The van der Waals surface area contributed by atoms with E-state index in [0.29, 0.717) is 17.5 Å². The van der Waals surface area contributed by atoms with Crippen LogP contribution in [0.3, 0.4) is 0 Å². The van der Waals surface area contributed by atoms with Crippen molar-refractivity contribution in [1.29, 1.82) is 0 Å². The molecule has 6 nitrogen and oxygen atoms in total. The Morgan fingerprint density at radius 3 is 2.60 bits per heavy atom. The van der Waals surface area contributed by atoms with Gasteiger partial charge in [-0.25, -0.2) is 0 Å². The zero-order valence-corrected chi connectivity index (χ0v) is 18.6. The minimum absolute atomic E-state index is 0.467. The molecule has 152 valence electrons. The molecular weight excluding hydrogens is 462 g/mol. The summed E-state index contributed by atoms with van der Waals surface area (Å²) in [5.41, 5.74) is 2.33. The van der Waals surface area contributed by atoms with E-state index in [1.165, 1.54) is 5.56 Å². The van der Waals surface area contributed by atoms with Crippen LogP contribution in [0.4, 0.5) is 0 Å². The number of hydrogen-bond acceptors (Lipinski definition) is 6. The Hall–Kier alpha value is -2.45. The fraction of sp³-hybridized carbons (Fsp3) is 0.273. The Morgan fingerprint density at radius 2 is 1.83 bits per heavy atom. The molecule has 0 aliphatic heterocycles. The van der Waals surface area contributed by atoms with Gasteiger partial charge in [0.15, 0.2) is 16.8 Å². The van der Waals surface area contributed by atoms with E-state index in [0.717, 1.165) is 52.7 Å². The van der Waals surface area contributed by atoms with E-state index in [1.807, 2.05) is 18.2 Å². The van der Waals surface area contributed by atoms with Gasteiger partial charge in [0.05, 0.1) is 5.75 Å². The van der Waals surface area contributed by atoms with Crippen LogP contribution in [0.25, 0.3) is 11.4 Å². The molecule has 1 aliphatic carbocycles. The Morgan fingerprint density at radius 1 is 1.03 bits per heavy atom. The summed E-state index contributed by atoms with van der Waals surface area (Å²) in [6.07, 6.45) is 3.21. The molecule has 0 radical (unpaired) electrons. The molecule has 0 atom stereocenters. The fourth-order valence-corrected chi connectivity index (χ4v) is 4.32. The molecule has 0 amide bonds. The highest BCUT2D eigenvalue weighted by atomic mass is 79.9. The number of halogens is 1. The van der Waals surface area contributed by atoms with E-state index in [4.69, 9.17) is 4.52 Å². The summed E-state index contributed by atoms with van der Waals surface area (Å²) in [6, 6.07) is 18.6. The van der Waals surface area contributed by atoms with Crippen LogP contribution in [-0.2, 0) is 18.7 Å². The van der Waals surface area contributed by atoms with Gasteiger partial charge < -0.3 is 9.09 Å². The van der Waals surface area contributed by atoms with Crippen molar-refractivity contribution in [3.05, 3.63) is 76.3 Å². The van der Waals surface area contributed by atoms with Crippen molar-refractivity contribution in [2.24, 2.45) is 0 Å². The molecule has 0 unspecified atom stereocenters. The van der Waals surface area contributed by atoms with Crippen molar-refractivity contribution in [3.8, 4) is 11.4 Å². The van der Waals surface area contributed by atoms with E-state index in [-0.39, 0.29) is 0 Å². The van der Waals surface area contributed by atoms with E-state index in [9.17, 15) is 0 Å². The second kappa shape index (κ2) is 8.73. The molecule has 1 fully saturated rings. The third-order valence-corrected chi connectivity index (χ3v) is 6.52. The van der Waals surface area contributed by atoms with E-state index >= 15 is 0 Å². The van der Waals surface area contributed by atoms with Crippen molar-refractivity contribution in [2.45, 2.75) is 42.6 Å². The standard InChI is InChI=1S/C22H20BrN5OS/c23-18-10-8-16(9-11-18)20-25-26-22(28(20)13-12-15-4-2-1-3-5-15)30-14-19-24-21(29-27-19)17-6-7-17/h1-5,8-11,17H,6-7,12-14H2. The smallest absolute Gasteiger partial charge is 0.229 e. The molecular formula is C22H20BrN5OS. The molecule has 0 bridgehead atoms. The largest absolute Gasteiger partial charge is 0.339 e. The zero-order chi connectivity index (χ0) is 20.3. The average Bonchev–Trinajstić information content (AvgIpc) is 3.38. The first kappa shape index (κ1) is 19.5.